The van der Waals surface area contributed by atoms with Crippen LogP contribution >= 0.6 is 0 Å². The summed E-state index contributed by atoms with van der Waals surface area (Å²) in [5.41, 5.74) is 0. The maximum absolute atomic E-state index is 12.2. The number of hydrogen-bond donors (Lipinski definition) is 1. The largest absolute Gasteiger partial charge is 0.500 e. The van der Waals surface area contributed by atoms with Gasteiger partial charge in [0.25, 0.3) is 0 Å². The first-order chi connectivity index (χ1) is 10.2. The summed E-state index contributed by atoms with van der Waals surface area (Å²) in [5.74, 6) is 0. The molecule has 22 heavy (non-hydrogen) atoms. The van der Waals surface area contributed by atoms with Crippen LogP contribution < -0.4 is 4.72 Å². The van der Waals surface area contributed by atoms with E-state index >= 15 is 0 Å². The highest BCUT2D eigenvalue weighted by atomic mass is 32.2. The van der Waals surface area contributed by atoms with Crippen LogP contribution in [0.25, 0.3) is 0 Å². The Bertz CT molecular complexity index is 383. The first-order valence-electron chi connectivity index (χ1n) is 8.11. The summed E-state index contributed by atoms with van der Waals surface area (Å²) in [6.45, 7) is 13.0. The van der Waals surface area contributed by atoms with Gasteiger partial charge in [-0.05, 0) is 47.5 Å². The predicted molar refractivity (Wildman–Crippen MR) is 91.3 cm³/mol. The van der Waals surface area contributed by atoms with Gasteiger partial charge in [-0.3, -0.25) is 0 Å². The molecule has 0 aromatic heterocycles. The van der Waals surface area contributed by atoms with Crippen molar-refractivity contribution in [2.24, 2.45) is 0 Å². The quantitative estimate of drug-likeness (QED) is 0.406. The third-order valence-electron chi connectivity index (χ3n) is 3.62. The fourth-order valence-corrected chi connectivity index (χ4v) is 5.69. The van der Waals surface area contributed by atoms with Gasteiger partial charge < -0.3 is 13.3 Å². The first-order valence-corrected chi connectivity index (χ1v) is 11.5. The second-order valence-corrected chi connectivity index (χ2v) is 10.7. The zero-order valence-corrected chi connectivity index (χ0v) is 16.7. The average molecular weight is 356 g/mol. The minimum atomic E-state index is -3.32. The SMILES string of the molecule is CCO[Si](CCCNS(=O)(=O)C(C)(C)CC)(OCC)OCC. The van der Waals surface area contributed by atoms with E-state index in [0.717, 1.165) is 0 Å². The highest BCUT2D eigenvalue weighted by molar-refractivity contribution is 7.90. The van der Waals surface area contributed by atoms with Crippen molar-refractivity contribution in [3.63, 3.8) is 0 Å². The highest BCUT2D eigenvalue weighted by Gasteiger charge is 2.40. The van der Waals surface area contributed by atoms with Crippen molar-refractivity contribution in [2.75, 3.05) is 26.4 Å². The summed E-state index contributed by atoms with van der Waals surface area (Å²) in [5, 5.41) is 0. The van der Waals surface area contributed by atoms with Crippen molar-refractivity contribution in [3.8, 4) is 0 Å². The Morgan fingerprint density at radius 3 is 1.77 bits per heavy atom. The van der Waals surface area contributed by atoms with Gasteiger partial charge in [0.1, 0.15) is 0 Å². The third-order valence-corrected chi connectivity index (χ3v) is 9.10. The van der Waals surface area contributed by atoms with Gasteiger partial charge in [0, 0.05) is 32.4 Å². The van der Waals surface area contributed by atoms with Gasteiger partial charge in [-0.1, -0.05) is 6.92 Å². The molecule has 8 heteroatoms. The highest BCUT2D eigenvalue weighted by Crippen LogP contribution is 2.20. The third kappa shape index (κ3) is 6.63. The van der Waals surface area contributed by atoms with Gasteiger partial charge in [0.05, 0.1) is 4.75 Å². The summed E-state index contributed by atoms with van der Waals surface area (Å²) in [7, 11) is -6.00. The Labute approximate surface area is 137 Å². The van der Waals surface area contributed by atoms with Gasteiger partial charge in [-0.25, -0.2) is 13.1 Å². The second kappa shape index (κ2) is 9.99. The lowest BCUT2D eigenvalue weighted by Crippen LogP contribution is -2.47. The molecule has 0 atom stereocenters. The monoisotopic (exact) mass is 355 g/mol. The van der Waals surface area contributed by atoms with Crippen molar-refractivity contribution in [2.45, 2.75) is 65.2 Å². The summed E-state index contributed by atoms with van der Waals surface area (Å²) >= 11 is 0. The van der Waals surface area contributed by atoms with Gasteiger partial charge in [-0.2, -0.15) is 0 Å². The number of hydrogen-bond acceptors (Lipinski definition) is 5. The molecule has 0 bridgehead atoms. The molecular formula is C14H33NO5SSi. The van der Waals surface area contributed by atoms with E-state index in [9.17, 15) is 8.42 Å². The minimum Gasteiger partial charge on any atom is -0.374 e. The Morgan fingerprint density at radius 1 is 0.955 bits per heavy atom. The van der Waals surface area contributed by atoms with Crippen molar-refractivity contribution < 1.29 is 21.7 Å². The Kier molecular flexibility index (Phi) is 10.00. The van der Waals surface area contributed by atoms with E-state index in [0.29, 0.717) is 45.3 Å². The van der Waals surface area contributed by atoms with Crippen molar-refractivity contribution in [1.29, 1.82) is 0 Å². The average Bonchev–Trinajstić information content (AvgIpc) is 2.44. The number of nitrogens with one attached hydrogen (secondary N) is 1. The first kappa shape index (κ1) is 22.0. The van der Waals surface area contributed by atoms with E-state index in [1.165, 1.54) is 0 Å². The molecular weight excluding hydrogens is 322 g/mol. The van der Waals surface area contributed by atoms with Crippen LogP contribution in [0.3, 0.4) is 0 Å². The molecule has 6 nitrogen and oxygen atoms in total. The lowest BCUT2D eigenvalue weighted by atomic mass is 10.1. The standard InChI is InChI=1S/C14H33NO5SSi/c1-7-14(5,6)21(16,17)15-12-11-13-22(18-8-2,19-9-3)20-10-4/h15H,7-13H2,1-6H3. The summed E-state index contributed by atoms with van der Waals surface area (Å²) < 4.78 is 43.5. The van der Waals surface area contributed by atoms with Gasteiger partial charge >= 0.3 is 8.80 Å². The van der Waals surface area contributed by atoms with Crippen LogP contribution in [0.1, 0.15) is 54.4 Å². The van der Waals surface area contributed by atoms with E-state index in [1.54, 1.807) is 13.8 Å². The molecule has 0 saturated carbocycles. The van der Waals surface area contributed by atoms with Crippen LogP contribution in [0.2, 0.25) is 6.04 Å². The predicted octanol–water partition coefficient (Wildman–Crippen LogP) is 2.53. The van der Waals surface area contributed by atoms with Crippen LogP contribution in [0, 0.1) is 0 Å². The fourth-order valence-electron chi connectivity index (χ4n) is 1.90. The second-order valence-electron chi connectivity index (χ2n) is 5.60. The molecule has 1 N–H and O–H groups in total. The summed E-state index contributed by atoms with van der Waals surface area (Å²) in [4.78, 5) is 0. The normalized spacial score (nSPS) is 13.5. The lowest BCUT2D eigenvalue weighted by molar-refractivity contribution is 0.0709. The molecule has 0 saturated heterocycles. The van der Waals surface area contributed by atoms with Gasteiger partial charge in [-0.15, -0.1) is 0 Å². The van der Waals surface area contributed by atoms with E-state index in [4.69, 9.17) is 13.3 Å². The molecule has 0 heterocycles. The molecule has 134 valence electrons. The van der Waals surface area contributed by atoms with Gasteiger partial charge in [0.2, 0.25) is 10.0 Å². The van der Waals surface area contributed by atoms with Crippen LogP contribution in [0.5, 0.6) is 0 Å². The zero-order valence-electron chi connectivity index (χ0n) is 14.9. The number of rotatable bonds is 13. The molecule has 0 aliphatic carbocycles. The Morgan fingerprint density at radius 2 is 1.41 bits per heavy atom. The van der Waals surface area contributed by atoms with Crippen LogP contribution in [0.15, 0.2) is 0 Å². The molecule has 0 aliphatic rings. The lowest BCUT2D eigenvalue weighted by Gasteiger charge is -2.29. The van der Waals surface area contributed by atoms with Crippen molar-refractivity contribution >= 4 is 18.8 Å². The molecule has 0 amide bonds. The summed E-state index contributed by atoms with van der Waals surface area (Å²) in [6, 6.07) is 0.609. The zero-order chi connectivity index (χ0) is 17.3. The van der Waals surface area contributed by atoms with Gasteiger partial charge in [0.15, 0.2) is 0 Å². The smallest absolute Gasteiger partial charge is 0.374 e. The molecule has 0 aliphatic heterocycles. The van der Waals surface area contributed by atoms with E-state index in [2.05, 4.69) is 4.72 Å². The van der Waals surface area contributed by atoms with E-state index in [-0.39, 0.29) is 0 Å². The molecule has 0 aromatic rings. The maximum Gasteiger partial charge on any atom is 0.500 e. The fraction of sp³-hybridized carbons (Fsp3) is 1.00. The van der Waals surface area contributed by atoms with Crippen molar-refractivity contribution in [1.82, 2.24) is 4.72 Å². The molecule has 0 fully saturated rings. The minimum absolute atomic E-state index is 0.369. The summed E-state index contributed by atoms with van der Waals surface area (Å²) in [6.07, 6.45) is 1.20. The Hall–Kier alpha value is 0.00688. The number of sulfonamides is 1. The van der Waals surface area contributed by atoms with E-state index in [1.807, 2.05) is 27.7 Å². The molecule has 0 spiro atoms. The molecule has 0 unspecified atom stereocenters. The topological polar surface area (TPSA) is 73.9 Å². The van der Waals surface area contributed by atoms with Crippen LogP contribution in [0.4, 0.5) is 0 Å². The van der Waals surface area contributed by atoms with E-state index < -0.39 is 23.6 Å². The van der Waals surface area contributed by atoms with Crippen LogP contribution in [-0.4, -0.2) is 48.3 Å². The van der Waals surface area contributed by atoms with Crippen LogP contribution in [-0.2, 0) is 23.3 Å². The molecule has 0 radical (unpaired) electrons. The maximum atomic E-state index is 12.2. The molecule has 0 aromatic carbocycles. The van der Waals surface area contributed by atoms with Crippen molar-refractivity contribution in [3.05, 3.63) is 0 Å². The molecule has 0 rings (SSSR count). The Balaban J connectivity index is 4.57.